The van der Waals surface area contributed by atoms with Gasteiger partial charge in [-0.25, -0.2) is 0 Å². The molecule has 0 saturated carbocycles. The summed E-state index contributed by atoms with van der Waals surface area (Å²) in [5.41, 5.74) is 2.21. The van der Waals surface area contributed by atoms with Gasteiger partial charge in [-0.05, 0) is 18.1 Å². The first-order valence-electron chi connectivity index (χ1n) is 7.29. The van der Waals surface area contributed by atoms with E-state index in [4.69, 9.17) is 0 Å². The van der Waals surface area contributed by atoms with Crippen molar-refractivity contribution in [3.8, 4) is 0 Å². The molecule has 0 unspecified atom stereocenters. The summed E-state index contributed by atoms with van der Waals surface area (Å²) in [6.45, 7) is 17.6. The normalized spacial score (nSPS) is 10.4. The lowest BCUT2D eigenvalue weighted by Gasteiger charge is -2.09. The predicted octanol–water partition coefficient (Wildman–Crippen LogP) is 5.42. The fourth-order valence-electron chi connectivity index (χ4n) is 1.52. The van der Waals surface area contributed by atoms with Crippen molar-refractivity contribution in [2.45, 2.75) is 34.6 Å². The van der Waals surface area contributed by atoms with E-state index in [1.165, 1.54) is 0 Å². The molecule has 114 valence electrons. The number of hydrogen-bond donors (Lipinski definition) is 0. The average Bonchev–Trinajstić information content (AvgIpc) is 2.43. The summed E-state index contributed by atoms with van der Waals surface area (Å²) >= 11 is 0. The summed E-state index contributed by atoms with van der Waals surface area (Å²) < 4.78 is 0. The Morgan fingerprint density at radius 1 is 1.19 bits per heavy atom. The van der Waals surface area contributed by atoms with E-state index in [2.05, 4.69) is 38.9 Å². The minimum absolute atomic E-state index is 0.0362. The second kappa shape index (κ2) is 9.87. The van der Waals surface area contributed by atoms with Gasteiger partial charge in [0, 0.05) is 23.2 Å². The zero-order valence-electron chi connectivity index (χ0n) is 13.9. The number of ketones is 1. The molecule has 1 rings (SSSR count). The van der Waals surface area contributed by atoms with Crippen LogP contribution in [-0.4, -0.2) is 10.8 Å². The Morgan fingerprint density at radius 2 is 1.76 bits per heavy atom. The first kappa shape index (κ1) is 19.0. The second-order valence-electron chi connectivity index (χ2n) is 5.71. The Hall–Kier alpha value is -1.96. The zero-order valence-corrected chi connectivity index (χ0v) is 13.9. The summed E-state index contributed by atoms with van der Waals surface area (Å²) in [6, 6.07) is 1.75. The fourth-order valence-corrected chi connectivity index (χ4v) is 1.52. The number of pyridine rings is 1. The molecule has 0 aliphatic carbocycles. The third-order valence-electron chi connectivity index (χ3n) is 2.40. The highest BCUT2D eigenvalue weighted by Gasteiger charge is 2.15. The van der Waals surface area contributed by atoms with Crippen molar-refractivity contribution in [3.05, 3.63) is 54.4 Å². The van der Waals surface area contributed by atoms with Crippen LogP contribution in [0.1, 0.15) is 56.2 Å². The molecule has 0 fully saturated rings. The van der Waals surface area contributed by atoms with E-state index in [0.717, 1.165) is 17.2 Å². The maximum absolute atomic E-state index is 12.1. The van der Waals surface area contributed by atoms with Gasteiger partial charge in [0.2, 0.25) is 0 Å². The Bertz CT molecular complexity index is 508. The van der Waals surface area contributed by atoms with Gasteiger partial charge in [0.25, 0.3) is 0 Å². The Labute approximate surface area is 129 Å². The number of Topliss-reactive ketones (excluding diaryl/α,β-unsaturated/α-hetero) is 1. The van der Waals surface area contributed by atoms with Gasteiger partial charge in [-0.2, -0.15) is 0 Å². The average molecular weight is 285 g/mol. The quantitative estimate of drug-likeness (QED) is 0.533. The molecule has 0 saturated heterocycles. The van der Waals surface area contributed by atoms with Crippen molar-refractivity contribution < 1.29 is 4.79 Å². The van der Waals surface area contributed by atoms with Crippen LogP contribution in [0.15, 0.2) is 37.6 Å². The number of nitrogens with zero attached hydrogens (tertiary/aromatic N) is 1. The first-order chi connectivity index (χ1) is 9.84. The predicted molar refractivity (Wildman–Crippen MR) is 93.2 cm³/mol. The number of hydrogen-bond acceptors (Lipinski definition) is 2. The van der Waals surface area contributed by atoms with E-state index in [1.54, 1.807) is 30.5 Å². The Balaban J connectivity index is 0.000000885. The Kier molecular flexibility index (Phi) is 8.95. The highest BCUT2D eigenvalue weighted by Crippen LogP contribution is 2.19. The van der Waals surface area contributed by atoms with E-state index in [9.17, 15) is 4.79 Å². The number of carbonyl (C=O) groups is 1. The van der Waals surface area contributed by atoms with Gasteiger partial charge in [-0.1, -0.05) is 66.0 Å². The molecule has 1 heterocycles. The molecule has 0 atom stereocenters. The molecule has 1 aromatic rings. The van der Waals surface area contributed by atoms with Crippen LogP contribution in [0, 0.1) is 11.8 Å². The van der Waals surface area contributed by atoms with Gasteiger partial charge in [-0.3, -0.25) is 9.78 Å². The summed E-state index contributed by atoms with van der Waals surface area (Å²) in [5, 5.41) is 0. The van der Waals surface area contributed by atoms with Crippen molar-refractivity contribution in [3.63, 3.8) is 0 Å². The molecule has 0 bridgehead atoms. The molecule has 1 aromatic heterocycles. The fraction of sp³-hybridized carbons (Fsp3) is 0.368. The molecule has 0 spiro atoms. The van der Waals surface area contributed by atoms with E-state index in [-0.39, 0.29) is 11.7 Å². The molecule has 0 amide bonds. The number of allylic oxidation sites excluding steroid dienone is 2. The van der Waals surface area contributed by atoms with Crippen molar-refractivity contribution in [2.75, 3.05) is 0 Å². The van der Waals surface area contributed by atoms with E-state index < -0.39 is 0 Å². The number of aromatic nitrogens is 1. The summed E-state index contributed by atoms with van der Waals surface area (Å²) in [5.74, 6) is 0.908. The van der Waals surface area contributed by atoms with Crippen molar-refractivity contribution in [2.24, 2.45) is 11.8 Å². The molecule has 0 aliphatic rings. The van der Waals surface area contributed by atoms with Gasteiger partial charge in [-0.15, -0.1) is 0 Å². The maximum Gasteiger partial charge on any atom is 0.166 e. The van der Waals surface area contributed by atoms with Crippen molar-refractivity contribution >= 4 is 17.9 Å². The molecule has 0 aliphatic heterocycles. The molecule has 0 aromatic carbocycles. The smallest absolute Gasteiger partial charge is 0.166 e. The molecular formula is C19H27NO. The van der Waals surface area contributed by atoms with Crippen LogP contribution in [0.4, 0.5) is 0 Å². The molecule has 0 radical (unpaired) electrons. The topological polar surface area (TPSA) is 30.0 Å². The van der Waals surface area contributed by atoms with E-state index >= 15 is 0 Å². The van der Waals surface area contributed by atoms with Crippen LogP contribution in [0.5, 0.6) is 0 Å². The summed E-state index contributed by atoms with van der Waals surface area (Å²) in [7, 11) is 0. The summed E-state index contributed by atoms with van der Waals surface area (Å²) in [6.07, 6.45) is 8.59. The van der Waals surface area contributed by atoms with Crippen LogP contribution in [-0.2, 0) is 0 Å². The highest BCUT2D eigenvalue weighted by molar-refractivity contribution is 6.01. The van der Waals surface area contributed by atoms with Crippen molar-refractivity contribution in [1.29, 1.82) is 0 Å². The molecule has 0 N–H and O–H groups in total. The molecular weight excluding hydrogens is 258 g/mol. The van der Waals surface area contributed by atoms with Crippen molar-refractivity contribution in [1.82, 2.24) is 4.98 Å². The lowest BCUT2D eigenvalue weighted by Crippen LogP contribution is -2.10. The van der Waals surface area contributed by atoms with Crippen LogP contribution in [0.3, 0.4) is 0 Å². The first-order valence-corrected chi connectivity index (χ1v) is 7.29. The standard InChI is InChI=1S/C15H17NO.C4H10/c1-5-7-8-12-13(15(17)11(3)4)9-10-16-14(12)6-2;1-4(2)3/h5-11H,1-2H2,3-4H3;4H,1-3H3/b8-7-;. The third-order valence-corrected chi connectivity index (χ3v) is 2.40. The zero-order chi connectivity index (χ0) is 16.4. The lowest BCUT2D eigenvalue weighted by molar-refractivity contribution is 0.0939. The van der Waals surface area contributed by atoms with Gasteiger partial charge in [0.1, 0.15) is 0 Å². The van der Waals surface area contributed by atoms with Crippen LogP contribution < -0.4 is 0 Å². The highest BCUT2D eigenvalue weighted by atomic mass is 16.1. The van der Waals surface area contributed by atoms with E-state index in [1.807, 2.05) is 19.9 Å². The molecule has 2 heteroatoms. The number of carbonyl (C=O) groups excluding carboxylic acids is 1. The van der Waals surface area contributed by atoms with Gasteiger partial charge >= 0.3 is 0 Å². The van der Waals surface area contributed by atoms with Gasteiger partial charge < -0.3 is 0 Å². The largest absolute Gasteiger partial charge is 0.294 e. The van der Waals surface area contributed by atoms with Crippen LogP contribution in [0.25, 0.3) is 12.2 Å². The SMILES string of the molecule is C=C/C=C\c1c(C(=O)C(C)C)ccnc1C=C.CC(C)C. The van der Waals surface area contributed by atoms with Gasteiger partial charge in [0.15, 0.2) is 5.78 Å². The third kappa shape index (κ3) is 6.84. The lowest BCUT2D eigenvalue weighted by atomic mass is 9.95. The monoisotopic (exact) mass is 285 g/mol. The van der Waals surface area contributed by atoms with E-state index in [0.29, 0.717) is 5.56 Å². The minimum Gasteiger partial charge on any atom is -0.294 e. The Morgan fingerprint density at radius 3 is 2.19 bits per heavy atom. The molecule has 2 nitrogen and oxygen atoms in total. The van der Waals surface area contributed by atoms with Crippen LogP contribution in [0.2, 0.25) is 0 Å². The molecule has 21 heavy (non-hydrogen) atoms. The maximum atomic E-state index is 12.1. The van der Waals surface area contributed by atoms with Crippen LogP contribution >= 0.6 is 0 Å². The number of rotatable bonds is 5. The summed E-state index contributed by atoms with van der Waals surface area (Å²) in [4.78, 5) is 16.3. The van der Waals surface area contributed by atoms with Gasteiger partial charge in [0.05, 0.1) is 5.69 Å². The minimum atomic E-state index is -0.0362. The second-order valence-corrected chi connectivity index (χ2v) is 5.71.